The van der Waals surface area contributed by atoms with Crippen molar-refractivity contribution in [1.82, 2.24) is 0 Å². The van der Waals surface area contributed by atoms with Gasteiger partial charge in [0.1, 0.15) is 0 Å². The minimum absolute atomic E-state index is 0.0893. The molecule has 0 saturated carbocycles. The predicted molar refractivity (Wildman–Crippen MR) is 52.6 cm³/mol. The lowest BCUT2D eigenvalue weighted by molar-refractivity contribution is -0.118. The van der Waals surface area contributed by atoms with E-state index in [1.165, 1.54) is 0 Å². The maximum Gasteiger partial charge on any atom is 0.0916 e. The Balaban J connectivity index is 4.46. The molecule has 0 aromatic heterocycles. The molecule has 1 unspecified atom stereocenters. The Bertz CT molecular complexity index is 137. The Labute approximate surface area is 76.4 Å². The highest BCUT2D eigenvalue weighted by Crippen LogP contribution is 2.37. The summed E-state index contributed by atoms with van der Waals surface area (Å²) >= 11 is 0. The lowest BCUT2D eigenvalue weighted by Crippen LogP contribution is -2.45. The van der Waals surface area contributed by atoms with Gasteiger partial charge in [-0.15, -0.1) is 0 Å². The molecule has 0 radical (unpaired) electrons. The van der Waals surface area contributed by atoms with E-state index in [-0.39, 0.29) is 11.0 Å². The molecule has 0 aromatic rings. The summed E-state index contributed by atoms with van der Waals surface area (Å²) in [5, 5.41) is 0. The topological polar surface area (TPSA) is 35.2 Å². The van der Waals surface area contributed by atoms with Gasteiger partial charge in [0.05, 0.1) is 5.60 Å². The lowest BCUT2D eigenvalue weighted by atomic mass is 9.73. The summed E-state index contributed by atoms with van der Waals surface area (Å²) in [5.74, 6) is 5.95. The van der Waals surface area contributed by atoms with Gasteiger partial charge >= 0.3 is 0 Å². The quantitative estimate of drug-likeness (QED) is 0.666. The molecule has 1 atom stereocenters. The monoisotopic (exact) mass is 173 g/mol. The molecule has 0 spiro atoms. The van der Waals surface area contributed by atoms with Crippen LogP contribution in [0.2, 0.25) is 0 Å². The maximum absolute atomic E-state index is 5.34. The third-order valence-electron chi connectivity index (χ3n) is 2.64. The van der Waals surface area contributed by atoms with Crippen molar-refractivity contribution in [2.24, 2.45) is 17.2 Å². The number of hydrogen-bond donors (Lipinski definition) is 1. The van der Waals surface area contributed by atoms with Crippen molar-refractivity contribution in [1.29, 1.82) is 0 Å². The maximum atomic E-state index is 5.34. The third kappa shape index (κ3) is 2.76. The molecule has 0 aliphatic heterocycles. The van der Waals surface area contributed by atoms with Gasteiger partial charge in [0.2, 0.25) is 0 Å². The average molecular weight is 173 g/mol. The van der Waals surface area contributed by atoms with Crippen LogP contribution in [0, 0.1) is 11.3 Å². The van der Waals surface area contributed by atoms with Gasteiger partial charge in [0.25, 0.3) is 0 Å². The zero-order valence-electron chi connectivity index (χ0n) is 9.27. The summed E-state index contributed by atoms with van der Waals surface area (Å²) < 4.78 is 0. The number of hydrogen-bond acceptors (Lipinski definition) is 2. The van der Waals surface area contributed by atoms with Crippen molar-refractivity contribution in [3.8, 4) is 0 Å². The van der Waals surface area contributed by atoms with E-state index in [0.29, 0.717) is 5.92 Å². The summed E-state index contributed by atoms with van der Waals surface area (Å²) in [6.07, 6.45) is 0.993. The zero-order chi connectivity index (χ0) is 9.99. The van der Waals surface area contributed by atoms with Gasteiger partial charge in [-0.25, -0.2) is 5.90 Å². The largest absolute Gasteiger partial charge is 0.298 e. The van der Waals surface area contributed by atoms with Gasteiger partial charge in [-0.1, -0.05) is 34.6 Å². The van der Waals surface area contributed by atoms with Crippen LogP contribution in [0.1, 0.15) is 48.0 Å². The van der Waals surface area contributed by atoms with E-state index in [2.05, 4.69) is 41.5 Å². The van der Waals surface area contributed by atoms with Crippen LogP contribution in [-0.4, -0.2) is 5.60 Å². The van der Waals surface area contributed by atoms with E-state index < -0.39 is 0 Å². The Morgan fingerprint density at radius 3 is 1.67 bits per heavy atom. The summed E-state index contributed by atoms with van der Waals surface area (Å²) in [6.45, 7) is 12.9. The molecule has 0 saturated heterocycles. The van der Waals surface area contributed by atoms with Crippen LogP contribution in [0.25, 0.3) is 0 Å². The minimum atomic E-state index is -0.221. The van der Waals surface area contributed by atoms with E-state index in [1.807, 2.05) is 0 Å². The molecule has 0 fully saturated rings. The van der Waals surface area contributed by atoms with Crippen molar-refractivity contribution in [3.05, 3.63) is 0 Å². The van der Waals surface area contributed by atoms with Crippen molar-refractivity contribution in [2.75, 3.05) is 0 Å². The predicted octanol–water partition coefficient (Wildman–Crippen LogP) is 2.73. The first-order chi connectivity index (χ1) is 5.23. The van der Waals surface area contributed by atoms with Crippen LogP contribution in [0.4, 0.5) is 0 Å². The van der Waals surface area contributed by atoms with Crippen molar-refractivity contribution >= 4 is 0 Å². The van der Waals surface area contributed by atoms with E-state index in [4.69, 9.17) is 10.7 Å². The molecule has 2 heteroatoms. The molecule has 2 nitrogen and oxygen atoms in total. The summed E-state index contributed by atoms with van der Waals surface area (Å²) in [4.78, 5) is 5.11. The second kappa shape index (κ2) is 3.75. The normalized spacial score (nSPS) is 18.0. The molecule has 0 aliphatic carbocycles. The van der Waals surface area contributed by atoms with Crippen LogP contribution in [0.3, 0.4) is 0 Å². The van der Waals surface area contributed by atoms with Gasteiger partial charge < -0.3 is 0 Å². The molecule has 0 aromatic carbocycles. The first kappa shape index (κ1) is 11.9. The van der Waals surface area contributed by atoms with E-state index in [0.717, 1.165) is 6.42 Å². The average Bonchev–Trinajstić information content (AvgIpc) is 1.83. The van der Waals surface area contributed by atoms with Crippen molar-refractivity contribution in [2.45, 2.75) is 53.6 Å². The molecular weight excluding hydrogens is 150 g/mol. The van der Waals surface area contributed by atoms with Gasteiger partial charge in [0.15, 0.2) is 0 Å². The Morgan fingerprint density at radius 1 is 1.17 bits per heavy atom. The molecule has 12 heavy (non-hydrogen) atoms. The summed E-state index contributed by atoms with van der Waals surface area (Å²) in [6, 6.07) is 0. The SMILES string of the molecule is CC(C)CC(C)(ON)C(C)(C)C. The van der Waals surface area contributed by atoms with Crippen molar-refractivity contribution in [3.63, 3.8) is 0 Å². The van der Waals surface area contributed by atoms with Gasteiger partial charge in [-0.3, -0.25) is 4.84 Å². The molecule has 0 rings (SSSR count). The standard InChI is InChI=1S/C10H23NO/c1-8(2)7-10(6,12-11)9(3,4)5/h8H,7,11H2,1-6H3. The van der Waals surface area contributed by atoms with E-state index >= 15 is 0 Å². The fraction of sp³-hybridized carbons (Fsp3) is 1.00. The van der Waals surface area contributed by atoms with Gasteiger partial charge in [-0.2, -0.15) is 0 Å². The van der Waals surface area contributed by atoms with E-state index in [9.17, 15) is 0 Å². The first-order valence-electron chi connectivity index (χ1n) is 4.61. The minimum Gasteiger partial charge on any atom is -0.298 e. The van der Waals surface area contributed by atoms with Crippen LogP contribution in [0.5, 0.6) is 0 Å². The van der Waals surface area contributed by atoms with Crippen LogP contribution in [-0.2, 0) is 4.84 Å². The van der Waals surface area contributed by atoms with Gasteiger partial charge in [0, 0.05) is 0 Å². The summed E-state index contributed by atoms with van der Waals surface area (Å²) in [5.41, 5.74) is -0.132. The molecule has 0 amide bonds. The molecule has 74 valence electrons. The molecule has 0 aliphatic rings. The van der Waals surface area contributed by atoms with Gasteiger partial charge in [-0.05, 0) is 24.7 Å². The Kier molecular flexibility index (Phi) is 3.73. The van der Waals surface area contributed by atoms with Crippen molar-refractivity contribution < 1.29 is 4.84 Å². The summed E-state index contributed by atoms with van der Waals surface area (Å²) in [7, 11) is 0. The van der Waals surface area contributed by atoms with E-state index in [1.54, 1.807) is 0 Å². The molecule has 2 N–H and O–H groups in total. The second-order valence-corrected chi connectivity index (χ2v) is 5.20. The highest BCUT2D eigenvalue weighted by molar-refractivity contribution is 4.88. The zero-order valence-corrected chi connectivity index (χ0v) is 9.27. The number of rotatable bonds is 3. The fourth-order valence-corrected chi connectivity index (χ4v) is 1.31. The van der Waals surface area contributed by atoms with Crippen LogP contribution in [0.15, 0.2) is 0 Å². The van der Waals surface area contributed by atoms with Crippen LogP contribution >= 0.6 is 0 Å². The molecule has 0 bridgehead atoms. The highest BCUT2D eigenvalue weighted by Gasteiger charge is 2.38. The highest BCUT2D eigenvalue weighted by atomic mass is 16.6. The second-order valence-electron chi connectivity index (χ2n) is 5.20. The molecule has 0 heterocycles. The first-order valence-corrected chi connectivity index (χ1v) is 4.61. The third-order valence-corrected chi connectivity index (χ3v) is 2.64. The Morgan fingerprint density at radius 2 is 1.58 bits per heavy atom. The smallest absolute Gasteiger partial charge is 0.0916 e. The molecular formula is C10H23NO. The fourth-order valence-electron chi connectivity index (χ4n) is 1.31. The lowest BCUT2D eigenvalue weighted by Gasteiger charge is -2.40. The van der Waals surface area contributed by atoms with Crippen LogP contribution < -0.4 is 5.90 Å². The Hall–Kier alpha value is -0.0800. The number of nitrogens with two attached hydrogens (primary N) is 1.